The molecule has 0 spiro atoms. The van der Waals surface area contributed by atoms with E-state index in [4.69, 9.17) is 16.4 Å². The lowest BCUT2D eigenvalue weighted by molar-refractivity contribution is 0.0861. The second kappa shape index (κ2) is 7.55. The SMILES string of the molecule is Cc1c(/C(CSc2ccc(Cl)cc2)=N/OC(C)C)sc2ncnn12. The van der Waals surface area contributed by atoms with Crippen LogP contribution < -0.4 is 0 Å². The minimum atomic E-state index is 0.0306. The third-order valence-corrected chi connectivity index (χ3v) is 5.65. The standard InChI is InChI=1S/C16H17ClN4OS2/c1-10(2)22-20-14(8-23-13-6-4-12(17)5-7-13)15-11(3)21-16(24-15)18-9-19-21/h4-7,9-10H,8H2,1-3H3/b20-14+. The zero-order valence-electron chi connectivity index (χ0n) is 13.6. The van der Waals surface area contributed by atoms with Gasteiger partial charge in [-0.05, 0) is 45.0 Å². The van der Waals surface area contributed by atoms with Crippen molar-refractivity contribution in [3.63, 3.8) is 0 Å². The first-order chi connectivity index (χ1) is 11.5. The summed E-state index contributed by atoms with van der Waals surface area (Å²) in [4.78, 5) is 12.8. The lowest BCUT2D eigenvalue weighted by atomic mass is 10.3. The average Bonchev–Trinajstić information content (AvgIpc) is 3.13. The Kier molecular flexibility index (Phi) is 5.43. The van der Waals surface area contributed by atoms with Crippen LogP contribution in [0.25, 0.3) is 4.96 Å². The van der Waals surface area contributed by atoms with Crippen molar-refractivity contribution < 1.29 is 4.84 Å². The molecule has 0 atom stereocenters. The van der Waals surface area contributed by atoms with E-state index in [2.05, 4.69) is 15.2 Å². The molecule has 126 valence electrons. The fourth-order valence-electron chi connectivity index (χ4n) is 2.04. The largest absolute Gasteiger partial charge is 0.393 e. The highest BCUT2D eigenvalue weighted by atomic mass is 35.5. The first-order valence-corrected chi connectivity index (χ1v) is 9.63. The number of aryl methyl sites for hydroxylation is 1. The second-order valence-corrected chi connectivity index (χ2v) is 7.87. The van der Waals surface area contributed by atoms with Gasteiger partial charge in [-0.2, -0.15) is 5.10 Å². The van der Waals surface area contributed by atoms with Crippen LogP contribution in [0.5, 0.6) is 0 Å². The Morgan fingerprint density at radius 2 is 2.12 bits per heavy atom. The van der Waals surface area contributed by atoms with Crippen molar-refractivity contribution in [3.05, 3.63) is 46.2 Å². The minimum absolute atomic E-state index is 0.0306. The maximum absolute atomic E-state index is 5.94. The highest BCUT2D eigenvalue weighted by Crippen LogP contribution is 2.26. The van der Waals surface area contributed by atoms with E-state index in [-0.39, 0.29) is 6.10 Å². The smallest absolute Gasteiger partial charge is 0.212 e. The summed E-state index contributed by atoms with van der Waals surface area (Å²) in [5, 5.41) is 9.35. The number of thioether (sulfide) groups is 1. The summed E-state index contributed by atoms with van der Waals surface area (Å²) in [6.07, 6.45) is 1.59. The Labute approximate surface area is 153 Å². The minimum Gasteiger partial charge on any atom is -0.393 e. The van der Waals surface area contributed by atoms with Crippen molar-refractivity contribution in [2.45, 2.75) is 31.8 Å². The molecule has 2 aromatic heterocycles. The van der Waals surface area contributed by atoms with Crippen molar-refractivity contribution in [2.24, 2.45) is 5.16 Å². The first kappa shape index (κ1) is 17.3. The fourth-order valence-corrected chi connectivity index (χ4v) is 4.11. The van der Waals surface area contributed by atoms with E-state index in [9.17, 15) is 0 Å². The molecule has 8 heteroatoms. The van der Waals surface area contributed by atoms with Gasteiger partial charge in [0.15, 0.2) is 0 Å². The van der Waals surface area contributed by atoms with E-state index in [1.54, 1.807) is 29.4 Å². The van der Waals surface area contributed by atoms with Crippen LogP contribution in [-0.2, 0) is 4.84 Å². The van der Waals surface area contributed by atoms with Crippen molar-refractivity contribution >= 4 is 45.4 Å². The lowest BCUT2D eigenvalue weighted by Gasteiger charge is -2.08. The summed E-state index contributed by atoms with van der Waals surface area (Å²) in [5.41, 5.74) is 1.91. The van der Waals surface area contributed by atoms with Gasteiger partial charge >= 0.3 is 0 Å². The van der Waals surface area contributed by atoms with Crippen LogP contribution in [0, 0.1) is 6.92 Å². The van der Waals surface area contributed by atoms with Gasteiger partial charge in [-0.15, -0.1) is 11.8 Å². The zero-order valence-corrected chi connectivity index (χ0v) is 16.0. The number of oxime groups is 1. The van der Waals surface area contributed by atoms with Gasteiger partial charge in [0.25, 0.3) is 0 Å². The van der Waals surface area contributed by atoms with Gasteiger partial charge < -0.3 is 4.84 Å². The summed E-state index contributed by atoms with van der Waals surface area (Å²) in [5.74, 6) is 0.693. The number of nitrogens with zero attached hydrogens (tertiary/aromatic N) is 4. The number of hydrogen-bond donors (Lipinski definition) is 0. The highest BCUT2D eigenvalue weighted by molar-refractivity contribution is 8.00. The van der Waals surface area contributed by atoms with E-state index < -0.39 is 0 Å². The van der Waals surface area contributed by atoms with Crippen LogP contribution in [0.4, 0.5) is 0 Å². The molecular weight excluding hydrogens is 364 g/mol. The van der Waals surface area contributed by atoms with Gasteiger partial charge in [-0.1, -0.05) is 28.1 Å². The summed E-state index contributed by atoms with van der Waals surface area (Å²) in [7, 11) is 0. The summed E-state index contributed by atoms with van der Waals surface area (Å²) >= 11 is 9.20. The Bertz CT molecular complexity index is 855. The van der Waals surface area contributed by atoms with Crippen LogP contribution in [0.15, 0.2) is 40.6 Å². The Balaban J connectivity index is 1.85. The molecular formula is C16H17ClN4OS2. The maximum atomic E-state index is 5.94. The quantitative estimate of drug-likeness (QED) is 0.354. The van der Waals surface area contributed by atoms with Gasteiger partial charge in [0.1, 0.15) is 18.1 Å². The predicted molar refractivity (Wildman–Crippen MR) is 101 cm³/mol. The molecule has 0 N–H and O–H groups in total. The van der Waals surface area contributed by atoms with Gasteiger partial charge in [-0.25, -0.2) is 9.50 Å². The summed E-state index contributed by atoms with van der Waals surface area (Å²) in [6, 6.07) is 7.78. The molecule has 2 heterocycles. The normalized spacial score (nSPS) is 12.3. The van der Waals surface area contributed by atoms with E-state index in [1.165, 1.54) is 0 Å². The van der Waals surface area contributed by atoms with Crippen molar-refractivity contribution in [1.82, 2.24) is 14.6 Å². The molecule has 0 unspecified atom stereocenters. The van der Waals surface area contributed by atoms with Gasteiger partial charge in [-0.3, -0.25) is 0 Å². The van der Waals surface area contributed by atoms with Gasteiger partial charge in [0.05, 0.1) is 10.6 Å². The number of aromatic nitrogens is 3. The Hall–Kier alpha value is -1.57. The first-order valence-electron chi connectivity index (χ1n) is 7.45. The maximum Gasteiger partial charge on any atom is 0.212 e. The molecule has 0 amide bonds. The molecule has 0 aliphatic rings. The van der Waals surface area contributed by atoms with Crippen LogP contribution in [-0.4, -0.2) is 32.2 Å². The lowest BCUT2D eigenvalue weighted by Crippen LogP contribution is -2.08. The summed E-state index contributed by atoms with van der Waals surface area (Å²) in [6.45, 7) is 5.94. The molecule has 0 aliphatic carbocycles. The van der Waals surface area contributed by atoms with E-state index in [0.29, 0.717) is 5.75 Å². The van der Waals surface area contributed by atoms with Crippen LogP contribution in [0.2, 0.25) is 5.02 Å². The summed E-state index contributed by atoms with van der Waals surface area (Å²) < 4.78 is 1.83. The average molecular weight is 381 g/mol. The fraction of sp³-hybridized carbons (Fsp3) is 0.312. The molecule has 0 saturated heterocycles. The second-order valence-electron chi connectivity index (χ2n) is 5.41. The third-order valence-electron chi connectivity index (χ3n) is 3.18. The topological polar surface area (TPSA) is 51.8 Å². The van der Waals surface area contributed by atoms with E-state index >= 15 is 0 Å². The van der Waals surface area contributed by atoms with Crippen molar-refractivity contribution in [2.75, 3.05) is 5.75 Å². The van der Waals surface area contributed by atoms with Crippen LogP contribution in [0.3, 0.4) is 0 Å². The molecule has 0 aliphatic heterocycles. The number of hydrogen-bond acceptors (Lipinski definition) is 6. The number of benzene rings is 1. The van der Waals surface area contributed by atoms with Crippen LogP contribution >= 0.6 is 34.7 Å². The molecule has 0 fully saturated rings. The van der Waals surface area contributed by atoms with E-state index in [1.807, 2.05) is 49.6 Å². The molecule has 24 heavy (non-hydrogen) atoms. The molecule has 3 rings (SSSR count). The Morgan fingerprint density at radius 3 is 2.79 bits per heavy atom. The van der Waals surface area contributed by atoms with Gasteiger partial charge in [0, 0.05) is 15.7 Å². The zero-order chi connectivity index (χ0) is 17.1. The number of thiazole rings is 1. The third kappa shape index (κ3) is 3.91. The monoisotopic (exact) mass is 380 g/mol. The van der Waals surface area contributed by atoms with Gasteiger partial charge in [0.2, 0.25) is 4.96 Å². The van der Waals surface area contributed by atoms with Crippen LogP contribution in [0.1, 0.15) is 24.4 Å². The number of halogens is 1. The molecule has 3 aromatic rings. The Morgan fingerprint density at radius 1 is 1.38 bits per heavy atom. The van der Waals surface area contributed by atoms with Crippen molar-refractivity contribution in [1.29, 1.82) is 0 Å². The number of rotatable bonds is 6. The number of fused-ring (bicyclic) bond motifs is 1. The molecule has 5 nitrogen and oxygen atoms in total. The molecule has 0 radical (unpaired) electrons. The van der Waals surface area contributed by atoms with Crippen molar-refractivity contribution in [3.8, 4) is 0 Å². The molecule has 1 aromatic carbocycles. The highest BCUT2D eigenvalue weighted by Gasteiger charge is 2.17. The molecule has 0 bridgehead atoms. The van der Waals surface area contributed by atoms with E-state index in [0.717, 1.165) is 31.2 Å². The molecule has 0 saturated carbocycles. The predicted octanol–water partition coefficient (Wildman–Crippen LogP) is 4.67.